The number of hydrogen-bond acceptors (Lipinski definition) is 4. The molecule has 0 aliphatic rings. The van der Waals surface area contributed by atoms with Gasteiger partial charge in [-0.1, -0.05) is 121 Å². The topological polar surface area (TPSA) is 60.4 Å². The average Bonchev–Trinajstić information content (AvgIpc) is 3.62. The third-order valence-corrected chi connectivity index (χ3v) is 9.87. The van der Waals surface area contributed by atoms with Crippen molar-refractivity contribution in [1.82, 2.24) is 28.7 Å². The molecule has 6 heteroatoms. The first-order valence-electron chi connectivity index (χ1n) is 16.1. The fourth-order valence-corrected chi connectivity index (χ4v) is 7.97. The Morgan fingerprint density at radius 2 is 0.771 bits per heavy atom. The molecule has 6 aromatic carbocycles. The van der Waals surface area contributed by atoms with E-state index in [0.717, 1.165) is 77.1 Å². The largest absolute Gasteiger partial charge is 0.276 e. The Kier molecular flexibility index (Phi) is 5.02. The number of fused-ring (bicyclic) bond motifs is 9. The van der Waals surface area contributed by atoms with E-state index in [0.29, 0.717) is 0 Å². The highest BCUT2D eigenvalue weighted by molar-refractivity contribution is 6.22. The van der Waals surface area contributed by atoms with Crippen LogP contribution < -0.4 is 5.48 Å². The van der Waals surface area contributed by atoms with Crippen LogP contribution in [0.4, 0.5) is 0 Å². The zero-order valence-corrected chi connectivity index (χ0v) is 25.5. The Labute approximate surface area is 272 Å². The summed E-state index contributed by atoms with van der Waals surface area (Å²) in [5.41, 5.74) is 9.70. The molecular formula is C42H24N6. The van der Waals surface area contributed by atoms with Crippen LogP contribution in [0.1, 0.15) is 11.1 Å². The minimum absolute atomic E-state index is 0.791. The van der Waals surface area contributed by atoms with Crippen LogP contribution in [0.15, 0.2) is 146 Å². The Morgan fingerprint density at radius 3 is 1.29 bits per heavy atom. The predicted octanol–water partition coefficient (Wildman–Crippen LogP) is 8.66. The summed E-state index contributed by atoms with van der Waals surface area (Å²) < 4.78 is 4.67. The molecule has 0 bridgehead atoms. The van der Waals surface area contributed by atoms with Gasteiger partial charge in [0.15, 0.2) is 11.3 Å². The lowest BCUT2D eigenvalue weighted by Gasteiger charge is -2.16. The molecular weight excluding hydrogens is 589 g/mol. The second-order valence-electron chi connectivity index (χ2n) is 12.3. The Balaban J connectivity index is 1.61. The van der Waals surface area contributed by atoms with Gasteiger partial charge in [0.2, 0.25) is 0 Å². The normalized spacial score (nSPS) is 12.2. The van der Waals surface area contributed by atoms with Crippen molar-refractivity contribution in [2.75, 3.05) is 0 Å². The number of rotatable bonds is 2. The van der Waals surface area contributed by atoms with E-state index in [1.165, 1.54) is 21.5 Å². The molecule has 11 aromatic rings. The van der Waals surface area contributed by atoms with Gasteiger partial charge in [-0.15, -0.1) is 0 Å². The van der Waals surface area contributed by atoms with Gasteiger partial charge in [0, 0.05) is 51.9 Å². The lowest BCUT2D eigenvalue weighted by Crippen LogP contribution is -2.25. The Hall–Kier alpha value is -6.66. The fourth-order valence-electron chi connectivity index (χ4n) is 7.97. The van der Waals surface area contributed by atoms with E-state index in [9.17, 15) is 0 Å². The van der Waals surface area contributed by atoms with Gasteiger partial charge in [0.05, 0.1) is 11.0 Å². The van der Waals surface area contributed by atoms with Crippen LogP contribution in [-0.4, -0.2) is 28.7 Å². The maximum absolute atomic E-state index is 5.06. The fraction of sp³-hybridized carbons (Fsp3) is 0. The van der Waals surface area contributed by atoms with E-state index in [1.54, 1.807) is 24.8 Å². The lowest BCUT2D eigenvalue weighted by atomic mass is 9.90. The number of hydrogen-bond donors (Lipinski definition) is 0. The molecule has 5 aromatic heterocycles. The van der Waals surface area contributed by atoms with Crippen molar-refractivity contribution in [2.24, 2.45) is 0 Å². The highest BCUT2D eigenvalue weighted by Crippen LogP contribution is 2.38. The third kappa shape index (κ3) is 3.25. The second-order valence-corrected chi connectivity index (χ2v) is 12.3. The highest BCUT2D eigenvalue weighted by Gasteiger charge is 2.24. The third-order valence-electron chi connectivity index (χ3n) is 9.87. The maximum Gasteiger partial charge on any atom is 0.165 e. The molecule has 0 aliphatic carbocycles. The molecule has 0 saturated heterocycles. The molecule has 222 valence electrons. The minimum atomic E-state index is 0.791. The van der Waals surface area contributed by atoms with E-state index < -0.39 is 0 Å². The van der Waals surface area contributed by atoms with E-state index >= 15 is 0 Å². The summed E-state index contributed by atoms with van der Waals surface area (Å²) >= 11 is 0. The molecule has 0 saturated carbocycles. The summed E-state index contributed by atoms with van der Waals surface area (Å²) in [5.74, 6) is 0. The first kappa shape index (κ1) is 25.5. The van der Waals surface area contributed by atoms with Gasteiger partial charge in [0.25, 0.3) is 0 Å². The SMILES string of the molecule is c1ccc2c(C(c3cccc4ccccc34)=c3n4c5nccnc5c5cccc(c6cccc7c8nccnc8n3c67)c54)cccc2c1. The minimum Gasteiger partial charge on any atom is -0.276 e. The molecule has 0 atom stereocenters. The van der Waals surface area contributed by atoms with Crippen molar-refractivity contribution in [2.45, 2.75) is 0 Å². The van der Waals surface area contributed by atoms with Crippen LogP contribution in [0.3, 0.4) is 0 Å². The van der Waals surface area contributed by atoms with Crippen molar-refractivity contribution in [3.05, 3.63) is 163 Å². The van der Waals surface area contributed by atoms with Crippen LogP contribution in [0.2, 0.25) is 0 Å². The van der Waals surface area contributed by atoms with Gasteiger partial charge in [-0.25, -0.2) is 9.97 Å². The summed E-state index contributed by atoms with van der Waals surface area (Å²) in [4.78, 5) is 20.0. The molecule has 0 amide bonds. The first-order chi connectivity index (χ1) is 23.9. The van der Waals surface area contributed by atoms with Crippen LogP contribution in [-0.2, 0) is 0 Å². The zero-order valence-electron chi connectivity index (χ0n) is 25.5. The zero-order chi connectivity index (χ0) is 31.3. The quantitative estimate of drug-likeness (QED) is 0.196. The van der Waals surface area contributed by atoms with Gasteiger partial charge in [-0.05, 0) is 32.7 Å². The molecule has 48 heavy (non-hydrogen) atoms. The second kappa shape index (κ2) is 9.44. The van der Waals surface area contributed by atoms with Gasteiger partial charge in [0.1, 0.15) is 16.5 Å². The molecule has 0 unspecified atom stereocenters. The summed E-state index contributed by atoms with van der Waals surface area (Å²) in [6.45, 7) is 0. The molecule has 0 aliphatic heterocycles. The maximum atomic E-state index is 5.06. The monoisotopic (exact) mass is 612 g/mol. The molecule has 5 heterocycles. The van der Waals surface area contributed by atoms with Crippen LogP contribution in [0.5, 0.6) is 0 Å². The van der Waals surface area contributed by atoms with Crippen molar-refractivity contribution in [3.8, 4) is 0 Å². The van der Waals surface area contributed by atoms with E-state index in [4.69, 9.17) is 19.9 Å². The highest BCUT2D eigenvalue weighted by atomic mass is 15.1. The van der Waals surface area contributed by atoms with Gasteiger partial charge in [-0.3, -0.25) is 18.8 Å². The van der Waals surface area contributed by atoms with Gasteiger partial charge >= 0.3 is 0 Å². The van der Waals surface area contributed by atoms with E-state index in [2.05, 4.69) is 130 Å². The predicted molar refractivity (Wildman–Crippen MR) is 194 cm³/mol. The van der Waals surface area contributed by atoms with Crippen molar-refractivity contribution in [1.29, 1.82) is 0 Å². The Morgan fingerprint density at radius 1 is 0.375 bits per heavy atom. The number of benzene rings is 6. The average molecular weight is 613 g/mol. The van der Waals surface area contributed by atoms with Crippen LogP contribution >= 0.6 is 0 Å². The van der Waals surface area contributed by atoms with E-state index in [-0.39, 0.29) is 0 Å². The Bertz CT molecular complexity index is 2970. The van der Waals surface area contributed by atoms with Crippen LogP contribution in [0.25, 0.3) is 82.0 Å². The molecule has 6 nitrogen and oxygen atoms in total. The summed E-state index contributed by atoms with van der Waals surface area (Å²) in [6, 6.07) is 43.5. The van der Waals surface area contributed by atoms with E-state index in [1.807, 2.05) is 0 Å². The van der Waals surface area contributed by atoms with Crippen molar-refractivity contribution in [3.63, 3.8) is 0 Å². The van der Waals surface area contributed by atoms with Crippen molar-refractivity contribution < 1.29 is 0 Å². The molecule has 0 spiro atoms. The summed E-state index contributed by atoms with van der Waals surface area (Å²) in [5, 5.41) is 9.03. The van der Waals surface area contributed by atoms with Crippen molar-refractivity contribution >= 4 is 82.0 Å². The summed E-state index contributed by atoms with van der Waals surface area (Å²) in [6.07, 6.45) is 7.15. The van der Waals surface area contributed by atoms with Gasteiger partial charge in [-0.2, -0.15) is 0 Å². The molecule has 0 radical (unpaired) electrons. The number of aromatic nitrogens is 6. The number of para-hydroxylation sites is 2. The number of nitrogens with zero attached hydrogens (tertiary/aromatic N) is 6. The standard InChI is InChI=1S/C42H24N6/c1-3-13-27-25(9-1)11-5-15-29(27)35(30-16-6-12-26-10-2-4-14-28(26)30)42-47-38-31(17-7-19-33(38)36-40(47)45-23-21-43-36)32-18-8-20-34-37-41(46-24-22-44-37)48(42)39(32)34/h1-24H. The lowest BCUT2D eigenvalue weighted by molar-refractivity contribution is 0.998. The summed E-state index contributed by atoms with van der Waals surface area (Å²) in [7, 11) is 0. The van der Waals surface area contributed by atoms with Crippen LogP contribution in [0, 0.1) is 0 Å². The molecule has 0 fully saturated rings. The van der Waals surface area contributed by atoms with Gasteiger partial charge < -0.3 is 0 Å². The molecule has 11 rings (SSSR count). The molecule has 0 N–H and O–H groups in total. The first-order valence-corrected chi connectivity index (χ1v) is 16.1. The smallest absolute Gasteiger partial charge is 0.165 e.